The average Bonchev–Trinajstić information content (AvgIpc) is 3.31. The van der Waals surface area contributed by atoms with E-state index in [2.05, 4.69) is 32.2 Å². The molecular weight excluding hydrogens is 462 g/mol. The van der Waals surface area contributed by atoms with Crippen LogP contribution in [0.25, 0.3) is 0 Å². The number of carbonyl (C=O) groups excluding carboxylic acids is 2. The average molecular weight is 498 g/mol. The van der Waals surface area contributed by atoms with Gasteiger partial charge in [0.1, 0.15) is 5.82 Å². The van der Waals surface area contributed by atoms with Crippen LogP contribution in [0.15, 0.2) is 30.3 Å². The van der Waals surface area contributed by atoms with E-state index in [0.717, 1.165) is 62.4 Å². The molecule has 1 N–H and O–H groups in total. The van der Waals surface area contributed by atoms with Crippen molar-refractivity contribution in [1.29, 1.82) is 0 Å². The van der Waals surface area contributed by atoms with Crippen LogP contribution in [0.1, 0.15) is 52.9 Å². The predicted molar refractivity (Wildman–Crippen MR) is 140 cm³/mol. The molecule has 8 heteroatoms. The molecule has 0 saturated carbocycles. The second-order valence-electron chi connectivity index (χ2n) is 10.1. The number of likely N-dealkylation sites (tertiary alicyclic amines) is 2. The number of halogens is 1. The van der Waals surface area contributed by atoms with Crippen molar-refractivity contribution in [3.8, 4) is 0 Å². The second kappa shape index (κ2) is 11.1. The SMILES string of the molecule is Cc1cc(C(=O)N(C)C)cc(NC(=O)[C@H]2CCCN2C2CCN(Cc3ccc(Cl)c(C)c3)CC2)n1. The Bertz CT molecular complexity index is 1080. The number of rotatable bonds is 6. The van der Waals surface area contributed by atoms with Gasteiger partial charge in [-0.2, -0.15) is 0 Å². The first kappa shape index (κ1) is 25.6. The van der Waals surface area contributed by atoms with Crippen molar-refractivity contribution in [3.63, 3.8) is 0 Å². The third kappa shape index (κ3) is 6.21. The Labute approximate surface area is 213 Å². The zero-order valence-electron chi connectivity index (χ0n) is 21.2. The van der Waals surface area contributed by atoms with E-state index in [1.807, 2.05) is 19.9 Å². The summed E-state index contributed by atoms with van der Waals surface area (Å²) < 4.78 is 0. The maximum Gasteiger partial charge on any atom is 0.253 e. The summed E-state index contributed by atoms with van der Waals surface area (Å²) in [7, 11) is 3.43. The van der Waals surface area contributed by atoms with Crippen LogP contribution in [0, 0.1) is 13.8 Å². The zero-order chi connectivity index (χ0) is 25.1. The van der Waals surface area contributed by atoms with Crippen molar-refractivity contribution in [3.05, 3.63) is 57.7 Å². The lowest BCUT2D eigenvalue weighted by atomic mass is 10.0. The number of nitrogens with one attached hydrogen (secondary N) is 1. The molecule has 188 valence electrons. The van der Waals surface area contributed by atoms with Crippen molar-refractivity contribution in [2.75, 3.05) is 39.0 Å². The maximum atomic E-state index is 13.2. The summed E-state index contributed by atoms with van der Waals surface area (Å²) in [6.07, 6.45) is 3.99. The van der Waals surface area contributed by atoms with Crippen molar-refractivity contribution >= 4 is 29.2 Å². The quantitative estimate of drug-likeness (QED) is 0.650. The minimum Gasteiger partial charge on any atom is -0.345 e. The Morgan fingerprint density at radius 2 is 1.83 bits per heavy atom. The Morgan fingerprint density at radius 1 is 1.09 bits per heavy atom. The third-order valence-corrected chi connectivity index (χ3v) is 7.53. The number of carbonyl (C=O) groups is 2. The summed E-state index contributed by atoms with van der Waals surface area (Å²) in [5, 5.41) is 3.81. The number of pyridine rings is 1. The Balaban J connectivity index is 1.35. The molecule has 2 fully saturated rings. The number of anilines is 1. The molecule has 0 unspecified atom stereocenters. The van der Waals surface area contributed by atoms with E-state index in [0.29, 0.717) is 23.1 Å². The molecule has 7 nitrogen and oxygen atoms in total. The summed E-state index contributed by atoms with van der Waals surface area (Å²) in [6, 6.07) is 9.94. The number of hydrogen-bond acceptors (Lipinski definition) is 5. The lowest BCUT2D eigenvalue weighted by Crippen LogP contribution is -2.50. The zero-order valence-corrected chi connectivity index (χ0v) is 21.9. The van der Waals surface area contributed by atoms with E-state index in [-0.39, 0.29) is 17.9 Å². The number of benzene rings is 1. The first-order valence-corrected chi connectivity index (χ1v) is 12.8. The molecule has 0 spiro atoms. The molecule has 2 aliphatic rings. The van der Waals surface area contributed by atoms with Gasteiger partial charge in [-0.05, 0) is 88.5 Å². The number of piperidine rings is 1. The highest BCUT2D eigenvalue weighted by Crippen LogP contribution is 2.28. The molecule has 1 atom stereocenters. The lowest BCUT2D eigenvalue weighted by molar-refractivity contribution is -0.121. The molecule has 2 aliphatic heterocycles. The molecule has 2 saturated heterocycles. The smallest absolute Gasteiger partial charge is 0.253 e. The monoisotopic (exact) mass is 497 g/mol. The Morgan fingerprint density at radius 3 is 2.51 bits per heavy atom. The third-order valence-electron chi connectivity index (χ3n) is 7.11. The van der Waals surface area contributed by atoms with Crippen LogP contribution < -0.4 is 5.32 Å². The fraction of sp³-hybridized carbons (Fsp3) is 0.519. The van der Waals surface area contributed by atoms with E-state index in [4.69, 9.17) is 11.6 Å². The van der Waals surface area contributed by atoms with Gasteiger partial charge >= 0.3 is 0 Å². The molecule has 4 rings (SSSR count). The molecule has 1 aromatic carbocycles. The molecular formula is C27H36ClN5O2. The molecule has 3 heterocycles. The first-order chi connectivity index (χ1) is 16.7. The summed E-state index contributed by atoms with van der Waals surface area (Å²) in [5.74, 6) is 0.317. The minimum absolute atomic E-state index is 0.0251. The van der Waals surface area contributed by atoms with Gasteiger partial charge in [0.2, 0.25) is 5.91 Å². The number of aryl methyl sites for hydroxylation is 2. The van der Waals surface area contributed by atoms with Gasteiger partial charge in [0.15, 0.2) is 0 Å². The molecule has 0 bridgehead atoms. The standard InChI is InChI=1S/C27H36ClN5O2/c1-18-14-20(7-8-23(18)28)17-32-12-9-22(10-13-32)33-11-5-6-24(33)26(34)30-25-16-21(15-19(2)29-25)27(35)31(3)4/h7-8,14-16,22,24H,5-6,9-13,17H2,1-4H3,(H,29,30,34)/t24-/m1/s1. The van der Waals surface area contributed by atoms with E-state index in [1.165, 1.54) is 10.5 Å². The van der Waals surface area contributed by atoms with Gasteiger partial charge in [0, 0.05) is 43.0 Å². The van der Waals surface area contributed by atoms with Gasteiger partial charge in [-0.25, -0.2) is 4.98 Å². The van der Waals surface area contributed by atoms with E-state index >= 15 is 0 Å². The summed E-state index contributed by atoms with van der Waals surface area (Å²) in [6.45, 7) is 7.80. The van der Waals surface area contributed by atoms with Crippen LogP contribution in [0.2, 0.25) is 5.02 Å². The molecule has 0 aliphatic carbocycles. The van der Waals surface area contributed by atoms with E-state index < -0.39 is 0 Å². The van der Waals surface area contributed by atoms with Gasteiger partial charge in [-0.15, -0.1) is 0 Å². The normalized spacial score (nSPS) is 19.6. The van der Waals surface area contributed by atoms with Gasteiger partial charge in [0.25, 0.3) is 5.91 Å². The number of hydrogen-bond donors (Lipinski definition) is 1. The highest BCUT2D eigenvalue weighted by Gasteiger charge is 2.37. The largest absolute Gasteiger partial charge is 0.345 e. The predicted octanol–water partition coefficient (Wildman–Crippen LogP) is 4.12. The molecule has 2 aromatic rings. The second-order valence-corrected chi connectivity index (χ2v) is 10.5. The fourth-order valence-electron chi connectivity index (χ4n) is 5.30. The number of amides is 2. The van der Waals surface area contributed by atoms with Crippen molar-refractivity contribution in [2.24, 2.45) is 0 Å². The van der Waals surface area contributed by atoms with Gasteiger partial charge in [-0.3, -0.25) is 19.4 Å². The highest BCUT2D eigenvalue weighted by molar-refractivity contribution is 6.31. The Hall–Kier alpha value is -2.48. The van der Waals surface area contributed by atoms with Crippen molar-refractivity contribution < 1.29 is 9.59 Å². The lowest BCUT2D eigenvalue weighted by Gasteiger charge is -2.39. The summed E-state index contributed by atoms with van der Waals surface area (Å²) in [4.78, 5) is 36.5. The number of nitrogens with zero attached hydrogens (tertiary/aromatic N) is 4. The topological polar surface area (TPSA) is 68.8 Å². The highest BCUT2D eigenvalue weighted by atomic mass is 35.5. The van der Waals surface area contributed by atoms with Crippen LogP contribution in [-0.4, -0.2) is 77.3 Å². The van der Waals surface area contributed by atoms with Crippen LogP contribution in [0.5, 0.6) is 0 Å². The van der Waals surface area contributed by atoms with Crippen molar-refractivity contribution in [2.45, 2.75) is 58.2 Å². The van der Waals surface area contributed by atoms with Crippen LogP contribution in [0.4, 0.5) is 5.82 Å². The molecule has 1 aromatic heterocycles. The maximum absolute atomic E-state index is 13.2. The van der Waals surface area contributed by atoms with Crippen LogP contribution in [-0.2, 0) is 11.3 Å². The summed E-state index contributed by atoms with van der Waals surface area (Å²) >= 11 is 6.17. The molecule has 35 heavy (non-hydrogen) atoms. The van der Waals surface area contributed by atoms with Gasteiger partial charge in [-0.1, -0.05) is 23.7 Å². The Kier molecular flexibility index (Phi) is 8.09. The summed E-state index contributed by atoms with van der Waals surface area (Å²) in [5.41, 5.74) is 3.65. The van der Waals surface area contributed by atoms with Gasteiger partial charge < -0.3 is 10.2 Å². The first-order valence-electron chi connectivity index (χ1n) is 12.5. The molecule has 2 amide bonds. The van der Waals surface area contributed by atoms with Gasteiger partial charge in [0.05, 0.1) is 6.04 Å². The fourth-order valence-corrected chi connectivity index (χ4v) is 5.42. The molecule has 0 radical (unpaired) electrons. The van der Waals surface area contributed by atoms with E-state index in [1.54, 1.807) is 26.2 Å². The van der Waals surface area contributed by atoms with E-state index in [9.17, 15) is 9.59 Å². The van der Waals surface area contributed by atoms with Crippen molar-refractivity contribution in [1.82, 2.24) is 19.7 Å². The van der Waals surface area contributed by atoms with Crippen LogP contribution >= 0.6 is 11.6 Å². The number of aromatic nitrogens is 1. The van der Waals surface area contributed by atoms with Crippen LogP contribution in [0.3, 0.4) is 0 Å². The minimum atomic E-state index is -0.152.